The molecule has 0 unspecified atom stereocenters. The van der Waals surface area contributed by atoms with E-state index >= 15 is 0 Å². The third kappa shape index (κ3) is 4.19. The van der Waals surface area contributed by atoms with Crippen LogP contribution in [-0.2, 0) is 16.0 Å². The summed E-state index contributed by atoms with van der Waals surface area (Å²) < 4.78 is 10.2. The number of aliphatic hydroxyl groups excluding tert-OH is 1. The Morgan fingerprint density at radius 3 is 2.95 bits per heavy atom. The Morgan fingerprint density at radius 2 is 2.27 bits per heavy atom. The quantitative estimate of drug-likeness (QED) is 0.597. The highest BCUT2D eigenvalue weighted by atomic mass is 32.1. The number of anilines is 1. The third-order valence-electron chi connectivity index (χ3n) is 2.79. The Morgan fingerprint density at radius 1 is 1.45 bits per heavy atom. The van der Waals surface area contributed by atoms with Gasteiger partial charge in [0.1, 0.15) is 17.4 Å². The Bertz CT molecular complexity index is 642. The van der Waals surface area contributed by atoms with E-state index in [9.17, 15) is 4.79 Å². The zero-order chi connectivity index (χ0) is 15.9. The SMILES string of the molecule is CCOC(=O)Cc1csc(-c2ccc(OCCO)c(N)c2)n1. The summed E-state index contributed by atoms with van der Waals surface area (Å²) in [4.78, 5) is 15.9. The van der Waals surface area contributed by atoms with Gasteiger partial charge in [0.25, 0.3) is 0 Å². The highest BCUT2D eigenvalue weighted by Gasteiger charge is 2.11. The summed E-state index contributed by atoms with van der Waals surface area (Å²) in [5.41, 5.74) is 7.94. The molecule has 22 heavy (non-hydrogen) atoms. The standard InChI is InChI=1S/C15H18N2O4S/c1-2-20-14(19)8-11-9-22-15(17-11)10-3-4-13(12(16)7-10)21-6-5-18/h3-4,7,9,18H,2,5-6,8,16H2,1H3. The van der Waals surface area contributed by atoms with Crippen molar-refractivity contribution in [2.75, 3.05) is 25.6 Å². The van der Waals surface area contributed by atoms with Crippen molar-refractivity contribution in [3.05, 3.63) is 29.3 Å². The van der Waals surface area contributed by atoms with E-state index in [0.717, 1.165) is 10.6 Å². The molecule has 0 saturated carbocycles. The van der Waals surface area contributed by atoms with Crippen LogP contribution in [0.2, 0.25) is 0 Å². The fraction of sp³-hybridized carbons (Fsp3) is 0.333. The third-order valence-corrected chi connectivity index (χ3v) is 3.73. The van der Waals surface area contributed by atoms with Crippen LogP contribution in [-0.4, -0.2) is 35.9 Å². The molecule has 3 N–H and O–H groups in total. The highest BCUT2D eigenvalue weighted by molar-refractivity contribution is 7.13. The van der Waals surface area contributed by atoms with Crippen molar-refractivity contribution in [3.8, 4) is 16.3 Å². The fourth-order valence-corrected chi connectivity index (χ4v) is 2.67. The molecule has 0 aliphatic rings. The lowest BCUT2D eigenvalue weighted by molar-refractivity contribution is -0.142. The molecule has 1 heterocycles. The summed E-state index contributed by atoms with van der Waals surface area (Å²) in [5, 5.41) is 11.4. The van der Waals surface area contributed by atoms with E-state index in [0.29, 0.717) is 23.7 Å². The van der Waals surface area contributed by atoms with E-state index in [-0.39, 0.29) is 25.6 Å². The molecular weight excluding hydrogens is 304 g/mol. The zero-order valence-corrected chi connectivity index (χ0v) is 13.1. The topological polar surface area (TPSA) is 94.7 Å². The van der Waals surface area contributed by atoms with Gasteiger partial charge >= 0.3 is 5.97 Å². The van der Waals surface area contributed by atoms with E-state index in [1.54, 1.807) is 19.1 Å². The Hall–Kier alpha value is -2.12. The minimum absolute atomic E-state index is 0.0646. The highest BCUT2D eigenvalue weighted by Crippen LogP contribution is 2.30. The first-order chi connectivity index (χ1) is 10.6. The number of hydrogen-bond donors (Lipinski definition) is 2. The molecular formula is C15H18N2O4S. The summed E-state index contributed by atoms with van der Waals surface area (Å²) >= 11 is 1.44. The zero-order valence-electron chi connectivity index (χ0n) is 12.2. The summed E-state index contributed by atoms with van der Waals surface area (Å²) in [7, 11) is 0. The van der Waals surface area contributed by atoms with E-state index in [4.69, 9.17) is 20.3 Å². The molecule has 0 radical (unpaired) electrons. The number of aliphatic hydroxyl groups is 1. The first kappa shape index (κ1) is 16.3. The maximum Gasteiger partial charge on any atom is 0.311 e. The molecule has 1 aromatic carbocycles. The first-order valence-corrected chi connectivity index (χ1v) is 7.75. The predicted molar refractivity (Wildman–Crippen MR) is 84.9 cm³/mol. The molecule has 0 saturated heterocycles. The van der Waals surface area contributed by atoms with Gasteiger partial charge in [-0.2, -0.15) is 0 Å². The van der Waals surface area contributed by atoms with Crippen LogP contribution in [0.15, 0.2) is 23.6 Å². The van der Waals surface area contributed by atoms with Crippen LogP contribution in [0.5, 0.6) is 5.75 Å². The van der Waals surface area contributed by atoms with Crippen molar-refractivity contribution in [2.45, 2.75) is 13.3 Å². The predicted octanol–water partition coefficient (Wildman–Crippen LogP) is 1.87. The normalized spacial score (nSPS) is 10.5. The maximum atomic E-state index is 11.4. The van der Waals surface area contributed by atoms with Crippen molar-refractivity contribution >= 4 is 23.0 Å². The Kier molecular flexibility index (Phi) is 5.74. The number of nitrogens with zero attached hydrogens (tertiary/aromatic N) is 1. The number of hydrogen-bond acceptors (Lipinski definition) is 7. The lowest BCUT2D eigenvalue weighted by atomic mass is 10.2. The van der Waals surface area contributed by atoms with Gasteiger partial charge in [-0.05, 0) is 25.1 Å². The number of carbonyl (C=O) groups excluding carboxylic acids is 1. The van der Waals surface area contributed by atoms with Crippen LogP contribution in [0.4, 0.5) is 5.69 Å². The average molecular weight is 322 g/mol. The van der Waals surface area contributed by atoms with Crippen LogP contribution < -0.4 is 10.5 Å². The summed E-state index contributed by atoms with van der Waals surface area (Å²) in [6, 6.07) is 5.35. The monoisotopic (exact) mass is 322 g/mol. The second kappa shape index (κ2) is 7.77. The van der Waals surface area contributed by atoms with E-state index in [1.165, 1.54) is 11.3 Å². The van der Waals surface area contributed by atoms with Crippen molar-refractivity contribution < 1.29 is 19.4 Å². The molecule has 0 amide bonds. The number of aromatic nitrogens is 1. The van der Waals surface area contributed by atoms with Gasteiger partial charge in [-0.1, -0.05) is 0 Å². The molecule has 0 atom stereocenters. The number of esters is 1. The molecule has 2 rings (SSSR count). The minimum atomic E-state index is -0.286. The van der Waals surface area contributed by atoms with Crippen LogP contribution in [0, 0.1) is 0 Å². The number of carbonyl (C=O) groups is 1. The molecule has 0 spiro atoms. The number of ether oxygens (including phenoxy) is 2. The number of nitrogen functional groups attached to an aromatic ring is 1. The average Bonchev–Trinajstić information content (AvgIpc) is 2.94. The molecule has 7 heteroatoms. The van der Waals surface area contributed by atoms with Gasteiger partial charge in [-0.15, -0.1) is 11.3 Å². The molecule has 1 aromatic heterocycles. The van der Waals surface area contributed by atoms with Crippen molar-refractivity contribution in [2.24, 2.45) is 0 Å². The Labute approximate surface area is 132 Å². The molecule has 0 bridgehead atoms. The van der Waals surface area contributed by atoms with Crippen LogP contribution in [0.25, 0.3) is 10.6 Å². The first-order valence-electron chi connectivity index (χ1n) is 6.87. The fourth-order valence-electron chi connectivity index (χ4n) is 1.85. The van der Waals surface area contributed by atoms with Crippen LogP contribution in [0.1, 0.15) is 12.6 Å². The van der Waals surface area contributed by atoms with E-state index in [1.807, 2.05) is 11.4 Å². The van der Waals surface area contributed by atoms with Gasteiger partial charge in [0, 0.05) is 10.9 Å². The van der Waals surface area contributed by atoms with Crippen LogP contribution in [0.3, 0.4) is 0 Å². The second-order valence-corrected chi connectivity index (χ2v) is 5.31. The van der Waals surface area contributed by atoms with Gasteiger partial charge in [-0.3, -0.25) is 4.79 Å². The lowest BCUT2D eigenvalue weighted by Crippen LogP contribution is -2.07. The molecule has 6 nitrogen and oxygen atoms in total. The largest absolute Gasteiger partial charge is 0.489 e. The van der Waals surface area contributed by atoms with Crippen molar-refractivity contribution in [1.82, 2.24) is 4.98 Å². The van der Waals surface area contributed by atoms with Crippen LogP contribution >= 0.6 is 11.3 Å². The van der Waals surface area contributed by atoms with Gasteiger partial charge in [0.2, 0.25) is 0 Å². The number of nitrogens with two attached hydrogens (primary N) is 1. The van der Waals surface area contributed by atoms with Crippen molar-refractivity contribution in [3.63, 3.8) is 0 Å². The maximum absolute atomic E-state index is 11.4. The van der Waals surface area contributed by atoms with Gasteiger partial charge in [0.15, 0.2) is 0 Å². The lowest BCUT2D eigenvalue weighted by Gasteiger charge is -2.08. The van der Waals surface area contributed by atoms with E-state index < -0.39 is 0 Å². The number of benzene rings is 1. The van der Waals surface area contributed by atoms with Crippen molar-refractivity contribution in [1.29, 1.82) is 0 Å². The van der Waals surface area contributed by atoms with Gasteiger partial charge in [-0.25, -0.2) is 4.98 Å². The summed E-state index contributed by atoms with van der Waals surface area (Å²) in [6.07, 6.45) is 0.164. The summed E-state index contributed by atoms with van der Waals surface area (Å²) in [5.74, 6) is 0.243. The van der Waals surface area contributed by atoms with Gasteiger partial charge < -0.3 is 20.3 Å². The molecule has 0 fully saturated rings. The minimum Gasteiger partial charge on any atom is -0.489 e. The van der Waals surface area contributed by atoms with Gasteiger partial charge in [0.05, 0.1) is 31.0 Å². The molecule has 0 aliphatic heterocycles. The molecule has 118 valence electrons. The smallest absolute Gasteiger partial charge is 0.311 e. The van der Waals surface area contributed by atoms with E-state index in [2.05, 4.69) is 4.98 Å². The molecule has 0 aliphatic carbocycles. The number of thiazole rings is 1. The Balaban J connectivity index is 2.10. The second-order valence-electron chi connectivity index (χ2n) is 4.45. The summed E-state index contributed by atoms with van der Waals surface area (Å²) in [6.45, 7) is 2.27. The molecule has 2 aromatic rings. The number of rotatable bonds is 7.